The van der Waals surface area contributed by atoms with Crippen LogP contribution in [0.3, 0.4) is 0 Å². The van der Waals surface area contributed by atoms with Crippen LogP contribution >= 0.6 is 37.2 Å². The van der Waals surface area contributed by atoms with Gasteiger partial charge in [-0.2, -0.15) is 0 Å². The van der Waals surface area contributed by atoms with Crippen LogP contribution in [0.2, 0.25) is 0 Å². The highest BCUT2D eigenvalue weighted by Gasteiger charge is 2.28. The van der Waals surface area contributed by atoms with Crippen molar-refractivity contribution in [2.24, 2.45) is 9.98 Å². The van der Waals surface area contributed by atoms with Gasteiger partial charge in [0.05, 0.1) is 39.5 Å². The molecular weight excluding hydrogens is 1400 g/mol. The lowest BCUT2D eigenvalue weighted by Gasteiger charge is -2.20. The summed E-state index contributed by atoms with van der Waals surface area (Å²) in [5, 5.41) is 25.0. The number of phosphoric ester groups is 2. The van der Waals surface area contributed by atoms with Crippen molar-refractivity contribution in [1.29, 1.82) is 0 Å². The molecule has 4 atom stereocenters. The van der Waals surface area contributed by atoms with Crippen LogP contribution in [0.15, 0.2) is 9.98 Å². The van der Waals surface area contributed by atoms with Crippen LogP contribution in [0.5, 0.6) is 0 Å². The zero-order chi connectivity index (χ0) is 76.2. The average molecular weight is 1560 g/mol. The number of rotatable bonds is 83. The number of ether oxygens (including phenoxy) is 4. The maximum atomic E-state index is 13.0. The lowest BCUT2D eigenvalue weighted by molar-refractivity contribution is -0.219. The first-order valence-electron chi connectivity index (χ1n) is 42.1. The van der Waals surface area contributed by atoms with Gasteiger partial charge >= 0.3 is 39.5 Å². The molecule has 0 bridgehead atoms. The normalized spacial score (nSPS) is 13.8. The number of esters is 4. The van der Waals surface area contributed by atoms with E-state index in [-0.39, 0.29) is 64.8 Å². The van der Waals surface area contributed by atoms with E-state index in [1.807, 2.05) is 0 Å². The molecule has 0 saturated carbocycles. The van der Waals surface area contributed by atoms with E-state index < -0.39 is 90.0 Å². The first kappa shape index (κ1) is 102. The molecule has 0 amide bonds. The van der Waals surface area contributed by atoms with Crippen LogP contribution in [0.25, 0.3) is 0 Å². The zero-order valence-corrected chi connectivity index (χ0v) is 69.7. The Bertz CT molecular complexity index is 2130. The summed E-state index contributed by atoms with van der Waals surface area (Å²) in [6.07, 6.45) is 59.6. The van der Waals surface area contributed by atoms with Crippen molar-refractivity contribution in [2.75, 3.05) is 64.2 Å². The molecule has 0 heterocycles. The molecule has 0 aliphatic heterocycles. The molecule has 0 spiro atoms. The molecule has 2 N–H and O–H groups in total. The number of aliphatic imine (C=N–C) groups is 2. The summed E-state index contributed by atoms with van der Waals surface area (Å²) in [6.45, 7) is 5.86. The third kappa shape index (κ3) is 76.5. The summed E-state index contributed by atoms with van der Waals surface area (Å²) in [6, 6.07) is 0. The predicted molar refractivity (Wildman–Crippen MR) is 425 cm³/mol. The Kier molecular flexibility index (Phi) is 75.8. The van der Waals surface area contributed by atoms with E-state index in [9.17, 15) is 48.3 Å². The summed E-state index contributed by atoms with van der Waals surface area (Å²) in [4.78, 5) is 80.0. The van der Waals surface area contributed by atoms with Crippen LogP contribution in [-0.4, -0.2) is 122 Å². The first-order chi connectivity index (χ1) is 50.6. The number of phosphoric acid groups is 2. The second-order valence-electron chi connectivity index (χ2n) is 28.5. The minimum absolute atomic E-state index is 0.0571. The van der Waals surface area contributed by atoms with E-state index in [2.05, 4.69) is 37.7 Å². The van der Waals surface area contributed by atoms with Crippen LogP contribution in [0.1, 0.15) is 400 Å². The molecular formula is C80H152N2O18P2S2-2. The van der Waals surface area contributed by atoms with Gasteiger partial charge in [-0.1, -0.05) is 357 Å². The number of carbonyl (C=O) groups excluding carboxylic acids is 4. The van der Waals surface area contributed by atoms with Crippen molar-refractivity contribution >= 4 is 72.9 Å². The number of hydrogen-bond acceptors (Lipinski definition) is 20. The van der Waals surface area contributed by atoms with Gasteiger partial charge in [-0.15, -0.1) is 0 Å². The number of unbranched alkanes of at least 4 members (excludes halogenated alkanes) is 48. The first-order valence-corrected chi connectivity index (χ1v) is 47.6. The molecule has 20 nitrogen and oxygen atoms in total. The fraction of sp³-hybridized carbons (Fsp3) is 0.925. The molecule has 614 valence electrons. The van der Waals surface area contributed by atoms with Crippen LogP contribution < -0.4 is 10.2 Å². The molecule has 104 heavy (non-hydrogen) atoms. The van der Waals surface area contributed by atoms with Crippen molar-refractivity contribution in [2.45, 2.75) is 412 Å². The predicted octanol–water partition coefficient (Wildman–Crippen LogP) is 21.8. The van der Waals surface area contributed by atoms with Gasteiger partial charge in [-0.25, -0.2) is 9.13 Å². The van der Waals surface area contributed by atoms with E-state index in [4.69, 9.17) is 37.0 Å². The lowest BCUT2D eigenvalue weighted by atomic mass is 10.0. The van der Waals surface area contributed by atoms with Gasteiger partial charge in [0.25, 0.3) is 0 Å². The summed E-state index contributed by atoms with van der Waals surface area (Å²) in [5.41, 5.74) is 0. The Morgan fingerprint density at radius 3 is 0.750 bits per heavy atom. The molecule has 0 aliphatic rings. The Morgan fingerprint density at radius 1 is 0.308 bits per heavy atom. The third-order valence-corrected chi connectivity index (χ3v) is 22.8. The molecule has 0 aliphatic carbocycles. The minimum Gasteiger partial charge on any atom is -0.862 e. The SMILES string of the molecule is CCCCCCCCCCCCCCCCCC(=O)OCC(COP(=O)(O)OCCN=C([O-])CCSSCCC([O-])=NCCOP(=O)(O)OCC(COC(=O)CCCCCCCCCCCCC)OC(=O)CCCCCCCCCCCCC)OC(=O)CCCCCCCCCCCCCCCCC. The van der Waals surface area contributed by atoms with E-state index in [0.717, 1.165) is 77.0 Å². The topological polar surface area (TPSA) is 288 Å². The van der Waals surface area contributed by atoms with Crippen LogP contribution in [-0.2, 0) is 65.4 Å². The lowest BCUT2D eigenvalue weighted by Crippen LogP contribution is -2.29. The second-order valence-corrected chi connectivity index (χ2v) is 34.1. The minimum atomic E-state index is -4.70. The van der Waals surface area contributed by atoms with Crippen LogP contribution in [0.4, 0.5) is 0 Å². The molecule has 24 heteroatoms. The Hall–Kier alpha value is -2.26. The van der Waals surface area contributed by atoms with E-state index in [0.29, 0.717) is 37.2 Å². The Balaban J connectivity index is 4.92. The number of carbonyl (C=O) groups is 4. The summed E-state index contributed by atoms with van der Waals surface area (Å²) in [7, 11) is -6.69. The van der Waals surface area contributed by atoms with Gasteiger partial charge in [0.2, 0.25) is 0 Å². The molecule has 0 rings (SSSR count). The van der Waals surface area contributed by atoms with E-state index in [1.165, 1.54) is 253 Å². The van der Waals surface area contributed by atoms with Crippen molar-refractivity contribution in [1.82, 2.24) is 0 Å². The van der Waals surface area contributed by atoms with Gasteiger partial charge in [-0.05, 0) is 50.3 Å². The summed E-state index contributed by atoms with van der Waals surface area (Å²) < 4.78 is 68.4. The third-order valence-electron chi connectivity index (χ3n) is 18.4. The monoisotopic (exact) mass is 1550 g/mol. The average Bonchev–Trinajstić information content (AvgIpc) is 0.943. The fourth-order valence-corrected chi connectivity index (χ4v) is 15.4. The van der Waals surface area contributed by atoms with Gasteiger partial charge in [-0.3, -0.25) is 37.3 Å². The molecule has 0 aromatic carbocycles. The zero-order valence-electron chi connectivity index (χ0n) is 66.3. The van der Waals surface area contributed by atoms with E-state index in [1.54, 1.807) is 0 Å². The van der Waals surface area contributed by atoms with Gasteiger partial charge in [0, 0.05) is 37.2 Å². The highest BCUT2D eigenvalue weighted by molar-refractivity contribution is 8.76. The smallest absolute Gasteiger partial charge is 0.472 e. The molecule has 0 saturated heterocycles. The number of hydrogen-bond donors (Lipinski definition) is 2. The maximum Gasteiger partial charge on any atom is 0.472 e. The summed E-state index contributed by atoms with van der Waals surface area (Å²) in [5.74, 6) is -2.12. The van der Waals surface area contributed by atoms with Crippen molar-refractivity contribution < 1.29 is 85.4 Å². The van der Waals surface area contributed by atoms with Gasteiger partial charge in [0.15, 0.2) is 12.2 Å². The number of nitrogens with zero attached hydrogens (tertiary/aromatic N) is 2. The molecule has 0 aromatic heterocycles. The Morgan fingerprint density at radius 2 is 0.519 bits per heavy atom. The Labute approximate surface area is 641 Å². The molecule has 0 radical (unpaired) electrons. The summed E-state index contributed by atoms with van der Waals surface area (Å²) >= 11 is 0. The van der Waals surface area contributed by atoms with Gasteiger partial charge in [0.1, 0.15) is 13.2 Å². The quantitative estimate of drug-likeness (QED) is 0.0109. The highest BCUT2D eigenvalue weighted by Crippen LogP contribution is 2.44. The largest absolute Gasteiger partial charge is 0.862 e. The molecule has 4 unspecified atom stereocenters. The van der Waals surface area contributed by atoms with Crippen molar-refractivity contribution in [3.8, 4) is 0 Å². The second kappa shape index (κ2) is 77.5. The highest BCUT2D eigenvalue weighted by atomic mass is 33.1. The maximum absolute atomic E-state index is 13.0. The van der Waals surface area contributed by atoms with E-state index >= 15 is 0 Å². The van der Waals surface area contributed by atoms with Gasteiger partial charge < -0.3 is 48.9 Å². The molecule has 0 aromatic rings. The van der Waals surface area contributed by atoms with Crippen molar-refractivity contribution in [3.05, 3.63) is 0 Å². The molecule has 0 fully saturated rings. The fourth-order valence-electron chi connectivity index (χ4n) is 12.0. The standard InChI is InChI=1S/C80H154N2O18P2S2/c1-5-9-13-17-21-25-29-31-33-35-39-42-46-50-54-58-78(86)94-70-74(100-80(88)60-56-52-48-44-40-36-34-32-30-26-22-18-14-10-6-2)72-98-102(91,92)96-66-64-82-76(84)62-68-104-103-67-61-75(83)81-63-65-95-101(89,90)97-71-73(99-79(87)59-55-51-47-43-38-28-24-20-16-12-8-4)69-93-77(85)57-53-49-45-41-37-27-23-19-15-11-7-3/h73-74H,5-72H2,1-4H3,(H,81,83)(H,82,84)(H,89,90)(H,91,92)/p-2. The van der Waals surface area contributed by atoms with Crippen molar-refractivity contribution in [3.63, 3.8) is 0 Å². The van der Waals surface area contributed by atoms with Crippen LogP contribution in [0, 0.1) is 0 Å².